The highest BCUT2D eigenvalue weighted by Crippen LogP contribution is 2.11. The molecule has 5 nitrogen and oxygen atoms in total. The van der Waals surface area contributed by atoms with Gasteiger partial charge in [-0.3, -0.25) is 4.79 Å². The second-order valence-corrected chi connectivity index (χ2v) is 2.41. The molecular weight excluding hydrogens is 164 g/mol. The lowest BCUT2D eigenvalue weighted by molar-refractivity contribution is 0.259. The summed E-state index contributed by atoms with van der Waals surface area (Å²) >= 11 is 1.45. The molecule has 0 radical (unpaired) electrons. The van der Waals surface area contributed by atoms with Gasteiger partial charge in [-0.1, -0.05) is 0 Å². The van der Waals surface area contributed by atoms with Crippen LogP contribution in [-0.2, 0) is 0 Å². The van der Waals surface area contributed by atoms with Gasteiger partial charge >= 0.3 is 6.03 Å². The maximum atomic E-state index is 10.6. The number of hydrogen-bond acceptors (Lipinski definition) is 2. The van der Waals surface area contributed by atoms with Crippen molar-refractivity contribution in [3.8, 4) is 0 Å². The second-order valence-electron chi connectivity index (χ2n) is 1.63. The summed E-state index contributed by atoms with van der Waals surface area (Å²) in [4.78, 5) is 12.9. The Bertz CT molecular complexity index is 287. The molecule has 0 unspecified atom stereocenters. The van der Waals surface area contributed by atoms with Gasteiger partial charge < -0.3 is 5.32 Å². The molecule has 11 heavy (non-hydrogen) atoms. The van der Waals surface area contributed by atoms with E-state index in [0.717, 1.165) is 0 Å². The van der Waals surface area contributed by atoms with Crippen LogP contribution in [0.1, 0.15) is 0 Å². The largest absolute Gasteiger partial charge is 0.320 e. The number of anilines is 1. The van der Waals surface area contributed by atoms with Gasteiger partial charge in [0.1, 0.15) is 0 Å². The first-order valence-corrected chi connectivity index (χ1v) is 3.65. The Kier molecular flexibility index (Phi) is 2.48. The van der Waals surface area contributed by atoms with Crippen LogP contribution in [0.5, 0.6) is 0 Å². The third kappa shape index (κ3) is 2.29. The van der Waals surface area contributed by atoms with Crippen LogP contribution < -0.4 is 5.32 Å². The Balaban J connectivity index is 2.57. The van der Waals surface area contributed by atoms with E-state index in [0.29, 0.717) is 5.69 Å². The molecule has 0 saturated heterocycles. The SMILES string of the molecule is [N-]=[N+]=NC(=O)Nc1ccsc1. The first-order chi connectivity index (χ1) is 5.33. The minimum Gasteiger partial charge on any atom is -0.320 e. The van der Waals surface area contributed by atoms with Gasteiger partial charge in [0, 0.05) is 15.4 Å². The van der Waals surface area contributed by atoms with Crippen LogP contribution in [0.25, 0.3) is 10.4 Å². The maximum absolute atomic E-state index is 10.6. The summed E-state index contributed by atoms with van der Waals surface area (Å²) in [7, 11) is 0. The molecule has 0 aliphatic heterocycles. The predicted octanol–water partition coefficient (Wildman–Crippen LogP) is 2.59. The molecule has 0 aliphatic rings. The zero-order valence-electron chi connectivity index (χ0n) is 5.39. The van der Waals surface area contributed by atoms with Gasteiger partial charge in [0.15, 0.2) is 0 Å². The van der Waals surface area contributed by atoms with Gasteiger partial charge in [0.25, 0.3) is 0 Å². The Morgan fingerprint density at radius 3 is 3.18 bits per heavy atom. The number of rotatable bonds is 1. The summed E-state index contributed by atoms with van der Waals surface area (Å²) < 4.78 is 0. The van der Waals surface area contributed by atoms with Crippen molar-refractivity contribution in [2.24, 2.45) is 5.11 Å². The van der Waals surface area contributed by atoms with E-state index in [1.807, 2.05) is 5.38 Å². The van der Waals surface area contributed by atoms with Crippen LogP contribution in [0.2, 0.25) is 0 Å². The number of carbonyl (C=O) groups excluding carboxylic acids is 1. The fourth-order valence-corrected chi connectivity index (χ4v) is 1.11. The first-order valence-electron chi connectivity index (χ1n) is 2.71. The molecule has 0 aromatic carbocycles. The molecule has 1 heterocycles. The van der Waals surface area contributed by atoms with E-state index in [1.165, 1.54) is 11.3 Å². The third-order valence-corrected chi connectivity index (χ3v) is 1.59. The molecular formula is C5H4N4OS. The summed E-state index contributed by atoms with van der Waals surface area (Å²) in [5, 5.41) is 8.76. The monoisotopic (exact) mass is 168 g/mol. The highest BCUT2D eigenvalue weighted by atomic mass is 32.1. The lowest BCUT2D eigenvalue weighted by atomic mass is 10.5. The number of amides is 2. The van der Waals surface area contributed by atoms with Crippen molar-refractivity contribution in [1.82, 2.24) is 0 Å². The number of nitrogens with zero attached hydrogens (tertiary/aromatic N) is 3. The number of thiophene rings is 1. The van der Waals surface area contributed by atoms with Gasteiger partial charge in [-0.2, -0.15) is 11.3 Å². The quantitative estimate of drug-likeness (QED) is 0.390. The zero-order valence-corrected chi connectivity index (χ0v) is 6.21. The van der Waals surface area contributed by atoms with Crippen LogP contribution in [0.3, 0.4) is 0 Å². The van der Waals surface area contributed by atoms with Crippen molar-refractivity contribution in [3.63, 3.8) is 0 Å². The van der Waals surface area contributed by atoms with Crippen LogP contribution in [0.15, 0.2) is 21.9 Å². The van der Waals surface area contributed by atoms with E-state index >= 15 is 0 Å². The molecule has 6 heteroatoms. The van der Waals surface area contributed by atoms with Crippen LogP contribution in [0, 0.1) is 0 Å². The average molecular weight is 168 g/mol. The molecule has 1 aromatic rings. The third-order valence-electron chi connectivity index (χ3n) is 0.908. The van der Waals surface area contributed by atoms with E-state index in [2.05, 4.69) is 15.3 Å². The number of carbonyl (C=O) groups is 1. The Morgan fingerprint density at radius 2 is 2.64 bits per heavy atom. The molecule has 1 rings (SSSR count). The molecule has 0 aliphatic carbocycles. The molecule has 0 atom stereocenters. The van der Waals surface area contributed by atoms with Crippen molar-refractivity contribution in [3.05, 3.63) is 27.3 Å². The summed E-state index contributed by atoms with van der Waals surface area (Å²) in [5.41, 5.74) is 8.51. The molecule has 1 N–H and O–H groups in total. The lowest BCUT2D eigenvalue weighted by Gasteiger charge is -1.92. The highest BCUT2D eigenvalue weighted by Gasteiger charge is 1.96. The normalized spacial score (nSPS) is 8.36. The minimum absolute atomic E-state index is 0.646. The first kappa shape index (κ1) is 7.59. The van der Waals surface area contributed by atoms with E-state index in [4.69, 9.17) is 5.53 Å². The fraction of sp³-hybridized carbons (Fsp3) is 0. The summed E-state index contributed by atoms with van der Waals surface area (Å²) in [5.74, 6) is 0. The van der Waals surface area contributed by atoms with E-state index in [-0.39, 0.29) is 0 Å². The van der Waals surface area contributed by atoms with Crippen molar-refractivity contribution in [2.45, 2.75) is 0 Å². The van der Waals surface area contributed by atoms with Crippen LogP contribution >= 0.6 is 11.3 Å². The standard InChI is InChI=1S/C5H4N4OS/c6-9-8-5(10)7-4-1-2-11-3-4/h1-3H,(H,7,10). The molecule has 0 bridgehead atoms. The second kappa shape index (κ2) is 3.60. The van der Waals surface area contributed by atoms with Crippen LogP contribution in [0.4, 0.5) is 10.5 Å². The topological polar surface area (TPSA) is 77.9 Å². The van der Waals surface area contributed by atoms with E-state index in [1.54, 1.807) is 11.4 Å². The van der Waals surface area contributed by atoms with E-state index in [9.17, 15) is 4.79 Å². The maximum Gasteiger partial charge on any atom is 0.312 e. The minimum atomic E-state index is -0.689. The number of hydrogen-bond donors (Lipinski definition) is 1. The lowest BCUT2D eigenvalue weighted by Crippen LogP contribution is -2.03. The Hall–Kier alpha value is -1.52. The highest BCUT2D eigenvalue weighted by molar-refractivity contribution is 7.08. The molecule has 1 aromatic heterocycles. The predicted molar refractivity (Wildman–Crippen MR) is 42.5 cm³/mol. The molecule has 2 amide bonds. The fourth-order valence-electron chi connectivity index (χ4n) is 0.525. The average Bonchev–Trinajstić information content (AvgIpc) is 2.40. The summed E-state index contributed by atoms with van der Waals surface area (Å²) in [6.07, 6.45) is 0. The van der Waals surface area contributed by atoms with Gasteiger partial charge in [0.05, 0.1) is 5.69 Å². The number of nitrogens with one attached hydrogen (secondary N) is 1. The Morgan fingerprint density at radius 1 is 1.82 bits per heavy atom. The Labute approximate surface area is 66.3 Å². The van der Waals surface area contributed by atoms with Crippen LogP contribution in [-0.4, -0.2) is 6.03 Å². The smallest absolute Gasteiger partial charge is 0.312 e. The van der Waals surface area contributed by atoms with Gasteiger partial charge in [-0.25, -0.2) is 0 Å². The van der Waals surface area contributed by atoms with Gasteiger partial charge in [-0.15, -0.1) is 0 Å². The molecule has 56 valence electrons. The van der Waals surface area contributed by atoms with E-state index < -0.39 is 6.03 Å². The summed E-state index contributed by atoms with van der Waals surface area (Å²) in [6, 6.07) is 1.03. The van der Waals surface area contributed by atoms with Crippen molar-refractivity contribution < 1.29 is 4.79 Å². The number of azide groups is 1. The molecule has 0 saturated carbocycles. The van der Waals surface area contributed by atoms with Crippen molar-refractivity contribution in [1.29, 1.82) is 0 Å². The number of urea groups is 1. The summed E-state index contributed by atoms with van der Waals surface area (Å²) in [6.45, 7) is 0. The van der Waals surface area contributed by atoms with Gasteiger partial charge in [0.2, 0.25) is 0 Å². The van der Waals surface area contributed by atoms with Crippen molar-refractivity contribution >= 4 is 23.1 Å². The zero-order chi connectivity index (χ0) is 8.10. The molecule has 0 spiro atoms. The molecule has 0 fully saturated rings. The van der Waals surface area contributed by atoms with Crippen molar-refractivity contribution in [2.75, 3.05) is 5.32 Å². The van der Waals surface area contributed by atoms with Gasteiger partial charge in [-0.05, 0) is 17.0 Å².